The van der Waals surface area contributed by atoms with E-state index in [2.05, 4.69) is 10.6 Å². The Bertz CT molecular complexity index is 586. The molecule has 1 aliphatic carbocycles. The van der Waals surface area contributed by atoms with Crippen LogP contribution in [0.4, 0.5) is 0 Å². The molecule has 2 rings (SSSR count). The quantitative estimate of drug-likeness (QED) is 0.646. The second kappa shape index (κ2) is 11.2. The van der Waals surface area contributed by atoms with Gasteiger partial charge < -0.3 is 16.4 Å². The van der Waals surface area contributed by atoms with Crippen LogP contribution in [-0.4, -0.2) is 24.9 Å². The maximum absolute atomic E-state index is 12.4. The average molecular weight is 382 g/mol. The lowest BCUT2D eigenvalue weighted by atomic mass is 9.71. The number of rotatable bonds is 8. The third kappa shape index (κ3) is 6.61. The molecule has 0 aliphatic heterocycles. The molecule has 0 aromatic heterocycles. The molecule has 0 atom stereocenters. The van der Waals surface area contributed by atoms with Gasteiger partial charge in [0.2, 0.25) is 5.91 Å². The smallest absolute Gasteiger partial charge is 0.251 e. The summed E-state index contributed by atoms with van der Waals surface area (Å²) in [6.45, 7) is 3.70. The predicted molar refractivity (Wildman–Crippen MR) is 107 cm³/mol. The Labute approximate surface area is 162 Å². The van der Waals surface area contributed by atoms with Crippen LogP contribution >= 0.6 is 12.4 Å². The van der Waals surface area contributed by atoms with Gasteiger partial charge in [-0.25, -0.2) is 0 Å². The van der Waals surface area contributed by atoms with Crippen molar-refractivity contribution in [2.24, 2.45) is 11.1 Å². The standard InChI is InChI=1S/C20H31N3O2.ClH/c1-2-11-22-19(25)17-8-6-7-16(12-17)14-23-18(24)13-20(15-21)9-4-3-5-10-20;/h6-8,12H,2-5,9-11,13-15,21H2,1H3,(H,22,25)(H,23,24);1H. The lowest BCUT2D eigenvalue weighted by Gasteiger charge is -2.35. The number of nitrogens with one attached hydrogen (secondary N) is 2. The number of hydrogen-bond acceptors (Lipinski definition) is 3. The molecule has 1 aliphatic rings. The van der Waals surface area contributed by atoms with Crippen molar-refractivity contribution in [1.29, 1.82) is 0 Å². The van der Waals surface area contributed by atoms with Crippen molar-refractivity contribution in [2.45, 2.75) is 58.4 Å². The van der Waals surface area contributed by atoms with Crippen LogP contribution in [0.3, 0.4) is 0 Å². The van der Waals surface area contributed by atoms with E-state index in [0.29, 0.717) is 31.6 Å². The lowest BCUT2D eigenvalue weighted by Crippen LogP contribution is -2.38. The molecule has 4 N–H and O–H groups in total. The van der Waals surface area contributed by atoms with Crippen molar-refractivity contribution in [3.8, 4) is 0 Å². The van der Waals surface area contributed by atoms with Gasteiger partial charge in [-0.3, -0.25) is 9.59 Å². The average Bonchev–Trinajstić information content (AvgIpc) is 2.65. The molecule has 6 heteroatoms. The highest BCUT2D eigenvalue weighted by Gasteiger charge is 2.32. The lowest BCUT2D eigenvalue weighted by molar-refractivity contribution is -0.124. The second-order valence-corrected chi connectivity index (χ2v) is 7.17. The summed E-state index contributed by atoms with van der Waals surface area (Å²) in [7, 11) is 0. The van der Waals surface area contributed by atoms with Crippen molar-refractivity contribution >= 4 is 24.2 Å². The molecule has 0 unspecified atom stereocenters. The van der Waals surface area contributed by atoms with Crippen LogP contribution in [0, 0.1) is 5.41 Å². The molecule has 0 radical (unpaired) electrons. The van der Waals surface area contributed by atoms with Crippen molar-refractivity contribution in [2.75, 3.05) is 13.1 Å². The molecule has 26 heavy (non-hydrogen) atoms. The van der Waals surface area contributed by atoms with E-state index in [9.17, 15) is 9.59 Å². The Morgan fingerprint density at radius 1 is 1.15 bits per heavy atom. The first-order chi connectivity index (χ1) is 12.1. The van der Waals surface area contributed by atoms with Gasteiger partial charge in [-0.1, -0.05) is 38.3 Å². The Morgan fingerprint density at radius 2 is 1.88 bits per heavy atom. The molecule has 0 bridgehead atoms. The molecule has 0 heterocycles. The molecule has 1 saturated carbocycles. The van der Waals surface area contributed by atoms with Gasteiger partial charge in [0.25, 0.3) is 5.91 Å². The molecule has 0 saturated heterocycles. The molecule has 5 nitrogen and oxygen atoms in total. The Kier molecular flexibility index (Phi) is 9.66. The molecule has 1 aromatic carbocycles. The zero-order valence-corrected chi connectivity index (χ0v) is 16.5. The topological polar surface area (TPSA) is 84.2 Å². The largest absolute Gasteiger partial charge is 0.352 e. The van der Waals surface area contributed by atoms with E-state index in [4.69, 9.17) is 5.73 Å². The van der Waals surface area contributed by atoms with Crippen LogP contribution in [0.25, 0.3) is 0 Å². The van der Waals surface area contributed by atoms with Gasteiger partial charge in [0, 0.05) is 25.1 Å². The van der Waals surface area contributed by atoms with Crippen molar-refractivity contribution in [3.63, 3.8) is 0 Å². The Balaban J connectivity index is 0.00000338. The van der Waals surface area contributed by atoms with Gasteiger partial charge in [-0.05, 0) is 48.9 Å². The number of amides is 2. The van der Waals surface area contributed by atoms with Crippen molar-refractivity contribution < 1.29 is 9.59 Å². The zero-order valence-electron chi connectivity index (χ0n) is 15.7. The first kappa shape index (κ1) is 22.5. The van der Waals surface area contributed by atoms with Crippen molar-refractivity contribution in [1.82, 2.24) is 10.6 Å². The number of nitrogens with two attached hydrogens (primary N) is 1. The number of carbonyl (C=O) groups excluding carboxylic acids is 2. The third-order valence-electron chi connectivity index (χ3n) is 5.10. The van der Waals surface area contributed by atoms with E-state index in [0.717, 1.165) is 24.8 Å². The van der Waals surface area contributed by atoms with Crippen LogP contribution in [-0.2, 0) is 11.3 Å². The van der Waals surface area contributed by atoms with E-state index in [1.807, 2.05) is 25.1 Å². The van der Waals surface area contributed by atoms with Crippen molar-refractivity contribution in [3.05, 3.63) is 35.4 Å². The summed E-state index contributed by atoms with van der Waals surface area (Å²) in [4.78, 5) is 24.4. The fourth-order valence-electron chi connectivity index (χ4n) is 3.52. The van der Waals surface area contributed by atoms with E-state index < -0.39 is 0 Å². The van der Waals surface area contributed by atoms with Gasteiger partial charge in [0.05, 0.1) is 0 Å². The van der Waals surface area contributed by atoms with Gasteiger partial charge in [-0.2, -0.15) is 0 Å². The Morgan fingerprint density at radius 3 is 2.54 bits per heavy atom. The number of carbonyl (C=O) groups is 2. The fraction of sp³-hybridized carbons (Fsp3) is 0.600. The van der Waals surface area contributed by atoms with Gasteiger partial charge in [0.1, 0.15) is 0 Å². The highest BCUT2D eigenvalue weighted by molar-refractivity contribution is 5.94. The number of halogens is 1. The minimum atomic E-state index is -0.0701. The summed E-state index contributed by atoms with van der Waals surface area (Å²) >= 11 is 0. The first-order valence-electron chi connectivity index (χ1n) is 9.42. The molecule has 1 fully saturated rings. The summed E-state index contributed by atoms with van der Waals surface area (Å²) in [6.07, 6.45) is 7.08. The molecule has 2 amide bonds. The van der Waals surface area contributed by atoms with E-state index >= 15 is 0 Å². The minimum Gasteiger partial charge on any atom is -0.352 e. The summed E-state index contributed by atoms with van der Waals surface area (Å²) in [5.41, 5.74) is 7.50. The van der Waals surface area contributed by atoms with Gasteiger partial charge in [-0.15, -0.1) is 12.4 Å². The van der Waals surface area contributed by atoms with Crippen LogP contribution in [0.5, 0.6) is 0 Å². The second-order valence-electron chi connectivity index (χ2n) is 7.17. The van der Waals surface area contributed by atoms with Crippen LogP contribution in [0.1, 0.15) is 67.8 Å². The molecule has 0 spiro atoms. The van der Waals surface area contributed by atoms with Crippen LogP contribution < -0.4 is 16.4 Å². The fourth-order valence-corrected chi connectivity index (χ4v) is 3.52. The summed E-state index contributed by atoms with van der Waals surface area (Å²) in [6, 6.07) is 7.41. The monoisotopic (exact) mass is 381 g/mol. The van der Waals surface area contributed by atoms with Gasteiger partial charge >= 0.3 is 0 Å². The molecular formula is C20H32ClN3O2. The zero-order chi connectivity index (χ0) is 18.1. The summed E-state index contributed by atoms with van der Waals surface area (Å²) in [5.74, 6) is -0.0208. The van der Waals surface area contributed by atoms with Gasteiger partial charge in [0.15, 0.2) is 0 Å². The Hall–Kier alpha value is -1.59. The number of hydrogen-bond donors (Lipinski definition) is 3. The normalized spacial score (nSPS) is 15.6. The maximum Gasteiger partial charge on any atom is 0.251 e. The van der Waals surface area contributed by atoms with E-state index in [-0.39, 0.29) is 29.6 Å². The molecular weight excluding hydrogens is 350 g/mol. The number of benzene rings is 1. The third-order valence-corrected chi connectivity index (χ3v) is 5.10. The highest BCUT2D eigenvalue weighted by atomic mass is 35.5. The highest BCUT2D eigenvalue weighted by Crippen LogP contribution is 2.38. The maximum atomic E-state index is 12.4. The predicted octanol–water partition coefficient (Wildman–Crippen LogP) is 3.16. The minimum absolute atomic E-state index is 0. The van der Waals surface area contributed by atoms with E-state index in [1.165, 1.54) is 19.3 Å². The SMILES string of the molecule is CCCNC(=O)c1cccc(CNC(=O)CC2(CN)CCCCC2)c1.Cl. The first-order valence-corrected chi connectivity index (χ1v) is 9.42. The van der Waals surface area contributed by atoms with E-state index in [1.54, 1.807) is 6.07 Å². The van der Waals surface area contributed by atoms with Crippen LogP contribution in [0.15, 0.2) is 24.3 Å². The summed E-state index contributed by atoms with van der Waals surface area (Å²) < 4.78 is 0. The van der Waals surface area contributed by atoms with Crippen LogP contribution in [0.2, 0.25) is 0 Å². The summed E-state index contributed by atoms with van der Waals surface area (Å²) in [5, 5.41) is 5.86. The molecule has 146 valence electrons. The molecule has 1 aromatic rings.